The van der Waals surface area contributed by atoms with E-state index in [2.05, 4.69) is 32.2 Å². The number of benzene rings is 1. The van der Waals surface area contributed by atoms with Gasteiger partial charge in [-0.1, -0.05) is 44.4 Å². The highest BCUT2D eigenvalue weighted by Crippen LogP contribution is 2.27. The summed E-state index contributed by atoms with van der Waals surface area (Å²) in [4.78, 5) is 0. The number of unbranched alkanes of at least 4 members (excludes halogenated alkanes) is 2. The fraction of sp³-hybridized carbons (Fsp3) is 0.647. The zero-order valence-corrected chi connectivity index (χ0v) is 14.6. The van der Waals surface area contributed by atoms with Crippen LogP contribution in [0.4, 0.5) is 0 Å². The summed E-state index contributed by atoms with van der Waals surface area (Å²) in [6.45, 7) is 7.18. The van der Waals surface area contributed by atoms with Gasteiger partial charge < -0.3 is 10.1 Å². The molecule has 4 heteroatoms. The van der Waals surface area contributed by atoms with Gasteiger partial charge in [-0.2, -0.15) is 0 Å². The van der Waals surface area contributed by atoms with Crippen molar-refractivity contribution >= 4 is 10.8 Å². The van der Waals surface area contributed by atoms with Crippen molar-refractivity contribution in [3.05, 3.63) is 29.3 Å². The molecule has 0 heterocycles. The largest absolute Gasteiger partial charge is 0.496 e. The smallest absolute Gasteiger partial charge is 0.123 e. The summed E-state index contributed by atoms with van der Waals surface area (Å²) in [6.07, 6.45) is 3.37. The first-order valence-corrected chi connectivity index (χ1v) is 9.34. The molecule has 120 valence electrons. The summed E-state index contributed by atoms with van der Waals surface area (Å²) >= 11 is 0. The molecule has 0 aliphatic heterocycles. The summed E-state index contributed by atoms with van der Waals surface area (Å²) in [6, 6.07) is 6.26. The third-order valence-corrected chi connectivity index (χ3v) is 4.99. The fourth-order valence-corrected chi connectivity index (χ4v) is 3.78. The molecule has 0 saturated carbocycles. The third kappa shape index (κ3) is 6.18. The molecule has 2 atom stereocenters. The molecule has 0 bridgehead atoms. The lowest BCUT2D eigenvalue weighted by Gasteiger charge is -2.21. The first-order chi connectivity index (χ1) is 10.1. The Morgan fingerprint density at radius 3 is 2.67 bits per heavy atom. The van der Waals surface area contributed by atoms with E-state index >= 15 is 0 Å². The highest BCUT2D eigenvalue weighted by Gasteiger charge is 2.18. The molecule has 0 amide bonds. The molecule has 0 fully saturated rings. The Kier molecular flexibility index (Phi) is 8.62. The number of rotatable bonds is 10. The summed E-state index contributed by atoms with van der Waals surface area (Å²) in [5.41, 5.74) is 2.31. The molecule has 0 saturated heterocycles. The minimum atomic E-state index is -0.788. The Morgan fingerprint density at radius 1 is 1.29 bits per heavy atom. The lowest BCUT2D eigenvalue weighted by atomic mass is 10.0. The quantitative estimate of drug-likeness (QED) is 0.671. The van der Waals surface area contributed by atoms with E-state index in [1.807, 2.05) is 12.1 Å². The first-order valence-electron chi connectivity index (χ1n) is 7.85. The highest BCUT2D eigenvalue weighted by atomic mass is 32.2. The Hall–Kier alpha value is -0.870. The summed E-state index contributed by atoms with van der Waals surface area (Å²) < 4.78 is 17.8. The van der Waals surface area contributed by atoms with Crippen LogP contribution < -0.4 is 10.1 Å². The van der Waals surface area contributed by atoms with Crippen molar-refractivity contribution < 1.29 is 8.95 Å². The molecule has 21 heavy (non-hydrogen) atoms. The lowest BCUT2D eigenvalue weighted by molar-refractivity contribution is 0.402. The molecule has 0 aliphatic carbocycles. The second kappa shape index (κ2) is 9.96. The molecule has 2 unspecified atom stereocenters. The normalized spacial score (nSPS) is 13.9. The van der Waals surface area contributed by atoms with E-state index in [0.29, 0.717) is 5.75 Å². The monoisotopic (exact) mass is 311 g/mol. The molecule has 0 aromatic heterocycles. The van der Waals surface area contributed by atoms with E-state index in [1.54, 1.807) is 7.11 Å². The van der Waals surface area contributed by atoms with E-state index in [0.717, 1.165) is 36.5 Å². The van der Waals surface area contributed by atoms with E-state index < -0.39 is 10.8 Å². The fourth-order valence-electron chi connectivity index (χ4n) is 2.41. The average molecular weight is 311 g/mol. The van der Waals surface area contributed by atoms with E-state index in [-0.39, 0.29) is 6.04 Å². The minimum Gasteiger partial charge on any atom is -0.496 e. The number of nitrogens with one attached hydrogen (secondary N) is 1. The maximum atomic E-state index is 12.3. The number of methoxy groups -OCH3 is 1. The molecule has 0 radical (unpaired) electrons. The number of ether oxygens (including phenoxy) is 1. The standard InChI is InChI=1S/C17H29NO2S/c1-5-7-8-11-21(19)13-16(18-6-2)15-12-14(3)9-10-17(15)20-4/h9-10,12,16,18H,5-8,11,13H2,1-4H3. The predicted octanol–water partition coefficient (Wildman–Crippen LogP) is 3.59. The molecule has 1 N–H and O–H groups in total. The Bertz CT molecular complexity index is 448. The molecular formula is C17H29NO2S. The van der Waals surface area contributed by atoms with Gasteiger partial charge in [0.1, 0.15) is 5.75 Å². The third-order valence-electron chi connectivity index (χ3n) is 3.54. The molecule has 0 spiro atoms. The number of hydrogen-bond acceptors (Lipinski definition) is 3. The van der Waals surface area contributed by atoms with Crippen LogP contribution in [0.1, 0.15) is 50.3 Å². The Balaban J connectivity index is 2.81. The molecule has 3 nitrogen and oxygen atoms in total. The van der Waals surface area contributed by atoms with Crippen molar-refractivity contribution in [3.8, 4) is 5.75 Å². The van der Waals surface area contributed by atoms with Gasteiger partial charge in [0, 0.05) is 33.9 Å². The van der Waals surface area contributed by atoms with Crippen molar-refractivity contribution in [2.24, 2.45) is 0 Å². The van der Waals surface area contributed by atoms with Crippen molar-refractivity contribution in [1.82, 2.24) is 5.32 Å². The van der Waals surface area contributed by atoms with Crippen molar-refractivity contribution in [2.45, 2.75) is 46.1 Å². The van der Waals surface area contributed by atoms with Gasteiger partial charge in [-0.25, -0.2) is 0 Å². The van der Waals surface area contributed by atoms with Crippen molar-refractivity contribution in [2.75, 3.05) is 25.2 Å². The second-order valence-corrected chi connectivity index (χ2v) is 6.99. The molecular weight excluding hydrogens is 282 g/mol. The maximum Gasteiger partial charge on any atom is 0.123 e. The summed E-state index contributed by atoms with van der Waals surface area (Å²) in [7, 11) is 0.901. The van der Waals surface area contributed by atoms with Crippen LogP contribution in [0.3, 0.4) is 0 Å². The first kappa shape index (κ1) is 18.2. The van der Waals surface area contributed by atoms with Gasteiger partial charge in [0.05, 0.1) is 7.11 Å². The predicted molar refractivity (Wildman–Crippen MR) is 91.6 cm³/mol. The van der Waals surface area contributed by atoms with E-state index in [1.165, 1.54) is 12.0 Å². The summed E-state index contributed by atoms with van der Waals surface area (Å²) in [5, 5.41) is 3.45. The lowest BCUT2D eigenvalue weighted by Crippen LogP contribution is -2.27. The van der Waals surface area contributed by atoms with Crippen LogP contribution in [0.25, 0.3) is 0 Å². The van der Waals surface area contributed by atoms with Gasteiger partial charge in [0.2, 0.25) is 0 Å². The van der Waals surface area contributed by atoms with Gasteiger partial charge in [-0.15, -0.1) is 0 Å². The SMILES string of the molecule is CCCCCS(=O)CC(NCC)c1cc(C)ccc1OC. The van der Waals surface area contributed by atoms with Crippen molar-refractivity contribution in [1.29, 1.82) is 0 Å². The van der Waals surface area contributed by atoms with Gasteiger partial charge in [0.25, 0.3) is 0 Å². The number of aryl methyl sites for hydroxylation is 1. The second-order valence-electron chi connectivity index (χ2n) is 5.37. The Morgan fingerprint density at radius 2 is 2.05 bits per heavy atom. The van der Waals surface area contributed by atoms with Gasteiger partial charge in [0.15, 0.2) is 0 Å². The minimum absolute atomic E-state index is 0.0901. The van der Waals surface area contributed by atoms with Crippen LogP contribution in [-0.4, -0.2) is 29.4 Å². The van der Waals surface area contributed by atoms with E-state index in [9.17, 15) is 4.21 Å². The van der Waals surface area contributed by atoms with Crippen LogP contribution in [0.15, 0.2) is 18.2 Å². The maximum absolute atomic E-state index is 12.3. The number of hydrogen-bond donors (Lipinski definition) is 1. The topological polar surface area (TPSA) is 38.3 Å². The van der Waals surface area contributed by atoms with Crippen LogP contribution in [0, 0.1) is 6.92 Å². The average Bonchev–Trinajstić information content (AvgIpc) is 2.47. The van der Waals surface area contributed by atoms with Crippen LogP contribution in [0.5, 0.6) is 5.75 Å². The zero-order chi connectivity index (χ0) is 15.7. The van der Waals surface area contributed by atoms with Crippen LogP contribution in [0.2, 0.25) is 0 Å². The van der Waals surface area contributed by atoms with E-state index in [4.69, 9.17) is 4.74 Å². The van der Waals surface area contributed by atoms with Gasteiger partial charge in [-0.05, 0) is 26.0 Å². The van der Waals surface area contributed by atoms with Crippen molar-refractivity contribution in [3.63, 3.8) is 0 Å². The highest BCUT2D eigenvalue weighted by molar-refractivity contribution is 7.85. The summed E-state index contributed by atoms with van der Waals surface area (Å²) in [5.74, 6) is 2.32. The molecule has 1 rings (SSSR count). The zero-order valence-electron chi connectivity index (χ0n) is 13.8. The molecule has 0 aliphatic rings. The van der Waals surface area contributed by atoms with Crippen LogP contribution in [-0.2, 0) is 10.8 Å². The van der Waals surface area contributed by atoms with Crippen LogP contribution >= 0.6 is 0 Å². The Labute approximate surface area is 131 Å². The molecule has 1 aromatic rings. The van der Waals surface area contributed by atoms with Gasteiger partial charge in [-0.3, -0.25) is 4.21 Å². The van der Waals surface area contributed by atoms with Gasteiger partial charge >= 0.3 is 0 Å². The molecule has 1 aromatic carbocycles.